The Bertz CT molecular complexity index is 806. The van der Waals surface area contributed by atoms with Crippen LogP contribution >= 0.6 is 11.6 Å². The van der Waals surface area contributed by atoms with Crippen LogP contribution in [0.15, 0.2) is 42.5 Å². The number of aromatic hydroxyl groups is 1. The van der Waals surface area contributed by atoms with Gasteiger partial charge < -0.3 is 15.2 Å². The number of hydrogen-bond acceptors (Lipinski definition) is 4. The van der Waals surface area contributed by atoms with Gasteiger partial charge in [-0.1, -0.05) is 35.9 Å². The van der Waals surface area contributed by atoms with E-state index in [-0.39, 0.29) is 23.3 Å². The third kappa shape index (κ3) is 4.12. The lowest BCUT2D eigenvalue weighted by molar-refractivity contribution is -0.125. The highest BCUT2D eigenvalue weighted by Crippen LogP contribution is 2.29. The standard InChI is InChI=1S/C19H18ClNO4/c20-13-8-9-15(17(22)10-13)19(24)25-11-18(23)21-16-7-3-5-12-4-1-2-6-14(12)16/h1-2,4,6,8-10,16,22H,3,5,7,11H2,(H,21,23)/t16-/m1/s1. The van der Waals surface area contributed by atoms with Gasteiger partial charge in [-0.05, 0) is 48.6 Å². The zero-order valence-electron chi connectivity index (χ0n) is 13.5. The Morgan fingerprint density at radius 2 is 2.04 bits per heavy atom. The molecule has 0 aliphatic heterocycles. The first-order chi connectivity index (χ1) is 12.0. The Morgan fingerprint density at radius 3 is 2.84 bits per heavy atom. The number of phenols is 1. The monoisotopic (exact) mass is 359 g/mol. The Kier molecular flexibility index (Phi) is 5.24. The molecule has 0 heterocycles. The summed E-state index contributed by atoms with van der Waals surface area (Å²) in [6.45, 7) is -0.403. The predicted molar refractivity (Wildman–Crippen MR) is 93.7 cm³/mol. The fourth-order valence-corrected chi connectivity index (χ4v) is 3.19. The summed E-state index contributed by atoms with van der Waals surface area (Å²) in [6.07, 6.45) is 2.86. The highest BCUT2D eigenvalue weighted by atomic mass is 35.5. The van der Waals surface area contributed by atoms with Crippen LogP contribution in [0.1, 0.15) is 40.4 Å². The van der Waals surface area contributed by atoms with Crippen LogP contribution in [0.25, 0.3) is 0 Å². The van der Waals surface area contributed by atoms with Crippen molar-refractivity contribution in [3.05, 3.63) is 64.2 Å². The summed E-state index contributed by atoms with van der Waals surface area (Å²) in [6, 6.07) is 12.0. The third-order valence-electron chi connectivity index (χ3n) is 4.22. The molecule has 130 valence electrons. The number of hydrogen-bond donors (Lipinski definition) is 2. The van der Waals surface area contributed by atoms with Crippen molar-refractivity contribution < 1.29 is 19.4 Å². The zero-order chi connectivity index (χ0) is 17.8. The molecule has 0 spiro atoms. The number of amides is 1. The van der Waals surface area contributed by atoms with E-state index >= 15 is 0 Å². The summed E-state index contributed by atoms with van der Waals surface area (Å²) in [5, 5.41) is 12.9. The maximum absolute atomic E-state index is 12.1. The first-order valence-corrected chi connectivity index (χ1v) is 8.45. The van der Waals surface area contributed by atoms with E-state index in [2.05, 4.69) is 11.4 Å². The number of halogens is 1. The van der Waals surface area contributed by atoms with Gasteiger partial charge in [0.15, 0.2) is 6.61 Å². The van der Waals surface area contributed by atoms with E-state index in [9.17, 15) is 14.7 Å². The molecule has 2 aromatic rings. The zero-order valence-corrected chi connectivity index (χ0v) is 14.3. The number of nitrogens with one attached hydrogen (secondary N) is 1. The SMILES string of the molecule is O=C(COC(=O)c1ccc(Cl)cc1O)N[C@@H]1CCCc2ccccc21. The lowest BCUT2D eigenvalue weighted by Crippen LogP contribution is -2.34. The van der Waals surface area contributed by atoms with Gasteiger partial charge >= 0.3 is 5.97 Å². The van der Waals surface area contributed by atoms with Gasteiger partial charge in [0.2, 0.25) is 0 Å². The van der Waals surface area contributed by atoms with E-state index in [1.807, 2.05) is 18.2 Å². The van der Waals surface area contributed by atoms with Gasteiger partial charge in [0.25, 0.3) is 5.91 Å². The minimum absolute atomic E-state index is 0.0276. The van der Waals surface area contributed by atoms with E-state index in [4.69, 9.17) is 16.3 Å². The summed E-state index contributed by atoms with van der Waals surface area (Å²) in [4.78, 5) is 24.1. The average molecular weight is 360 g/mol. The van der Waals surface area contributed by atoms with Crippen molar-refractivity contribution in [1.29, 1.82) is 0 Å². The van der Waals surface area contributed by atoms with Crippen LogP contribution in [0.2, 0.25) is 5.02 Å². The van der Waals surface area contributed by atoms with Crippen LogP contribution in [-0.2, 0) is 16.0 Å². The fourth-order valence-electron chi connectivity index (χ4n) is 3.03. The number of esters is 1. The first kappa shape index (κ1) is 17.3. The molecule has 0 saturated carbocycles. The normalized spacial score (nSPS) is 16.0. The quantitative estimate of drug-likeness (QED) is 0.820. The minimum atomic E-state index is -0.770. The van der Waals surface area contributed by atoms with Gasteiger partial charge in [0.1, 0.15) is 11.3 Å². The number of ether oxygens (including phenoxy) is 1. The van der Waals surface area contributed by atoms with E-state index in [0.717, 1.165) is 24.8 Å². The van der Waals surface area contributed by atoms with Crippen LogP contribution < -0.4 is 5.32 Å². The van der Waals surface area contributed by atoms with Crippen molar-refractivity contribution in [3.63, 3.8) is 0 Å². The van der Waals surface area contributed by atoms with Crippen LogP contribution in [0.3, 0.4) is 0 Å². The number of fused-ring (bicyclic) bond motifs is 1. The molecule has 2 N–H and O–H groups in total. The molecule has 1 aliphatic rings. The molecule has 6 heteroatoms. The second kappa shape index (κ2) is 7.57. The maximum atomic E-state index is 12.1. The second-order valence-electron chi connectivity index (χ2n) is 5.95. The summed E-state index contributed by atoms with van der Waals surface area (Å²) in [7, 11) is 0. The largest absolute Gasteiger partial charge is 0.507 e. The Labute approximate surface area is 150 Å². The highest BCUT2D eigenvalue weighted by Gasteiger charge is 2.22. The second-order valence-corrected chi connectivity index (χ2v) is 6.39. The molecular weight excluding hydrogens is 342 g/mol. The number of phenolic OH excluding ortho intramolecular Hbond substituents is 1. The lowest BCUT2D eigenvalue weighted by Gasteiger charge is -2.26. The van der Waals surface area contributed by atoms with Crippen molar-refractivity contribution >= 4 is 23.5 Å². The van der Waals surface area contributed by atoms with Gasteiger partial charge in [-0.15, -0.1) is 0 Å². The van der Waals surface area contributed by atoms with E-state index in [1.54, 1.807) is 0 Å². The van der Waals surface area contributed by atoms with Crippen molar-refractivity contribution in [2.45, 2.75) is 25.3 Å². The summed E-state index contributed by atoms with van der Waals surface area (Å²) in [5.74, 6) is -1.42. The van der Waals surface area contributed by atoms with Gasteiger partial charge in [0.05, 0.1) is 6.04 Å². The lowest BCUT2D eigenvalue weighted by atomic mass is 9.88. The molecule has 0 aromatic heterocycles. The molecule has 5 nitrogen and oxygen atoms in total. The molecular formula is C19H18ClNO4. The number of aryl methyl sites for hydroxylation is 1. The highest BCUT2D eigenvalue weighted by molar-refractivity contribution is 6.30. The van der Waals surface area contributed by atoms with Crippen LogP contribution in [-0.4, -0.2) is 23.6 Å². The molecule has 1 aliphatic carbocycles. The van der Waals surface area contributed by atoms with E-state index in [0.29, 0.717) is 5.02 Å². The van der Waals surface area contributed by atoms with Crippen LogP contribution in [0, 0.1) is 0 Å². The smallest absolute Gasteiger partial charge is 0.342 e. The predicted octanol–water partition coefficient (Wildman–Crippen LogP) is 3.40. The fraction of sp³-hybridized carbons (Fsp3) is 0.263. The molecule has 0 unspecified atom stereocenters. The van der Waals surface area contributed by atoms with Crippen molar-refractivity contribution in [1.82, 2.24) is 5.32 Å². The maximum Gasteiger partial charge on any atom is 0.342 e. The topological polar surface area (TPSA) is 75.6 Å². The van der Waals surface area contributed by atoms with Crippen LogP contribution in [0.4, 0.5) is 0 Å². The molecule has 0 fully saturated rings. The number of rotatable bonds is 4. The van der Waals surface area contributed by atoms with E-state index in [1.165, 1.54) is 23.8 Å². The molecule has 0 radical (unpaired) electrons. The Balaban J connectivity index is 1.58. The molecule has 1 atom stereocenters. The number of carbonyl (C=O) groups excluding carboxylic acids is 2. The molecule has 0 saturated heterocycles. The van der Waals surface area contributed by atoms with Gasteiger partial charge in [-0.25, -0.2) is 4.79 Å². The van der Waals surface area contributed by atoms with Crippen molar-refractivity contribution in [2.75, 3.05) is 6.61 Å². The first-order valence-electron chi connectivity index (χ1n) is 8.07. The summed E-state index contributed by atoms with van der Waals surface area (Å²) in [5.41, 5.74) is 2.33. The van der Waals surface area contributed by atoms with E-state index < -0.39 is 12.6 Å². The third-order valence-corrected chi connectivity index (χ3v) is 4.45. The molecule has 2 aromatic carbocycles. The van der Waals surface area contributed by atoms with Crippen molar-refractivity contribution in [3.8, 4) is 5.75 Å². The van der Waals surface area contributed by atoms with Crippen molar-refractivity contribution in [2.24, 2.45) is 0 Å². The van der Waals surface area contributed by atoms with Gasteiger partial charge in [-0.3, -0.25) is 4.79 Å². The minimum Gasteiger partial charge on any atom is -0.507 e. The average Bonchev–Trinajstić information content (AvgIpc) is 2.60. The van der Waals surface area contributed by atoms with Gasteiger partial charge in [-0.2, -0.15) is 0 Å². The number of carbonyl (C=O) groups is 2. The number of benzene rings is 2. The Morgan fingerprint density at radius 1 is 1.24 bits per heavy atom. The molecule has 0 bridgehead atoms. The summed E-state index contributed by atoms with van der Waals surface area (Å²) >= 11 is 5.72. The van der Waals surface area contributed by atoms with Gasteiger partial charge in [0, 0.05) is 5.02 Å². The Hall–Kier alpha value is -2.53. The molecule has 3 rings (SSSR count). The van der Waals surface area contributed by atoms with Crippen LogP contribution in [0.5, 0.6) is 5.75 Å². The molecule has 1 amide bonds. The summed E-state index contributed by atoms with van der Waals surface area (Å²) < 4.78 is 4.99. The molecule has 25 heavy (non-hydrogen) atoms.